The number of hydrogen-bond acceptors (Lipinski definition) is 1. The number of benzene rings is 9. The average molecular weight is 888 g/mol. The molecule has 1 nitrogen and oxygen atoms in total. The fraction of sp³-hybridized carbons (Fsp3) is 0.206. The van der Waals surface area contributed by atoms with Gasteiger partial charge in [-0.05, 0) is 171 Å². The smallest absolute Gasteiger partial charge is 0.0546 e. The van der Waals surface area contributed by atoms with E-state index < -0.39 is 0 Å². The molecule has 2 bridgehead atoms. The van der Waals surface area contributed by atoms with Crippen LogP contribution in [-0.4, -0.2) is 0 Å². The lowest BCUT2D eigenvalue weighted by Gasteiger charge is -2.67. The van der Waals surface area contributed by atoms with Crippen molar-refractivity contribution in [3.05, 3.63) is 234 Å². The molecule has 3 fully saturated rings. The number of fused-ring (bicyclic) bond motifs is 13. The highest BCUT2D eigenvalue weighted by Crippen LogP contribution is 2.80. The first-order valence-electron chi connectivity index (χ1n) is 25.5. The van der Waals surface area contributed by atoms with Crippen molar-refractivity contribution in [2.24, 2.45) is 17.3 Å². The van der Waals surface area contributed by atoms with Gasteiger partial charge in [-0.1, -0.05) is 201 Å². The number of nitrogens with zero attached hydrogens (tertiary/aromatic N) is 1. The molecule has 0 aromatic heterocycles. The van der Waals surface area contributed by atoms with Crippen LogP contribution >= 0.6 is 0 Å². The normalized spacial score (nSPS) is 21.6. The molecule has 0 amide bonds. The number of anilines is 3. The van der Waals surface area contributed by atoms with Gasteiger partial charge in [0.1, 0.15) is 0 Å². The van der Waals surface area contributed by atoms with E-state index in [0.29, 0.717) is 17.3 Å². The van der Waals surface area contributed by atoms with E-state index in [1.54, 1.807) is 11.1 Å². The Kier molecular flexibility index (Phi) is 8.95. The summed E-state index contributed by atoms with van der Waals surface area (Å²) in [5.74, 6) is 2.88. The number of rotatable bonds is 5. The molecule has 9 aromatic carbocycles. The van der Waals surface area contributed by atoms with E-state index in [9.17, 15) is 0 Å². The minimum Gasteiger partial charge on any atom is -0.309 e. The van der Waals surface area contributed by atoms with Crippen molar-refractivity contribution in [1.29, 1.82) is 0 Å². The largest absolute Gasteiger partial charge is 0.309 e. The summed E-state index contributed by atoms with van der Waals surface area (Å²) < 4.78 is 0. The van der Waals surface area contributed by atoms with Gasteiger partial charge in [0, 0.05) is 22.2 Å². The Labute approximate surface area is 408 Å². The molecule has 5 unspecified atom stereocenters. The first-order chi connectivity index (χ1) is 33.8. The molecule has 5 atom stereocenters. The van der Waals surface area contributed by atoms with E-state index in [2.05, 4.69) is 233 Å². The highest BCUT2D eigenvalue weighted by molar-refractivity contribution is 6.05. The van der Waals surface area contributed by atoms with Crippen LogP contribution in [0.25, 0.3) is 66.8 Å². The third-order valence-corrected chi connectivity index (χ3v) is 18.0. The Hall–Kier alpha value is -7.22. The second kappa shape index (κ2) is 15.1. The maximum atomic E-state index is 2.68. The van der Waals surface area contributed by atoms with Crippen molar-refractivity contribution >= 4 is 17.1 Å². The van der Waals surface area contributed by atoms with Crippen molar-refractivity contribution < 1.29 is 0 Å². The van der Waals surface area contributed by atoms with Crippen LogP contribution < -0.4 is 4.90 Å². The Balaban J connectivity index is 1.10. The topological polar surface area (TPSA) is 3.24 Å². The van der Waals surface area contributed by atoms with Crippen molar-refractivity contribution in [3.8, 4) is 66.8 Å². The summed E-state index contributed by atoms with van der Waals surface area (Å²) >= 11 is 0. The zero-order chi connectivity index (χ0) is 46.2. The first kappa shape index (κ1) is 40.8. The summed E-state index contributed by atoms with van der Waals surface area (Å²) in [6.07, 6.45) is 5.41. The lowest BCUT2D eigenvalue weighted by atomic mass is 9.37. The minimum atomic E-state index is -0.286. The molecule has 0 radical (unpaired) electrons. The summed E-state index contributed by atoms with van der Waals surface area (Å²) in [4.78, 5) is 2.68. The van der Waals surface area contributed by atoms with Crippen LogP contribution in [0.2, 0.25) is 0 Å². The lowest BCUT2D eigenvalue weighted by molar-refractivity contribution is -0.144. The van der Waals surface area contributed by atoms with Gasteiger partial charge in [-0.25, -0.2) is 0 Å². The van der Waals surface area contributed by atoms with E-state index in [1.807, 2.05) is 0 Å². The third kappa shape index (κ3) is 5.89. The number of aryl methyl sites for hydroxylation is 2. The van der Waals surface area contributed by atoms with Crippen molar-refractivity contribution in [2.45, 2.75) is 70.6 Å². The van der Waals surface area contributed by atoms with Crippen LogP contribution in [0.1, 0.15) is 84.7 Å². The van der Waals surface area contributed by atoms with E-state index >= 15 is 0 Å². The molecular weight excluding hydrogens is 831 g/mol. The summed E-state index contributed by atoms with van der Waals surface area (Å²) in [7, 11) is 0. The molecule has 1 spiro atoms. The van der Waals surface area contributed by atoms with Crippen LogP contribution in [0, 0.1) is 31.1 Å². The lowest BCUT2D eigenvalue weighted by Crippen LogP contribution is -2.59. The molecule has 1 heteroatoms. The van der Waals surface area contributed by atoms with E-state index in [0.717, 1.165) is 17.5 Å². The standard InChI is InChI=1S/C68H57N/c1-42-31-33-54-53-24-11-13-26-57(53)65-58(55-34-32-43(2)36-61(55)67(3,4)60(54)35-42)27-15-29-63(65)69(49-20-14-19-45(38-49)51-22-9-8-21-50(51)44-17-6-5-7-18-44)64-30-16-28-59-62-40-48-39-47-37-46(41-68(47,48)62)52-23-10-12-25-56(52)66(59)64/h5-36,38,46-48,62H,37,39-41H2,1-4H3. The van der Waals surface area contributed by atoms with E-state index in [-0.39, 0.29) is 5.41 Å². The first-order valence-corrected chi connectivity index (χ1v) is 25.5. The van der Waals surface area contributed by atoms with Gasteiger partial charge in [-0.3, -0.25) is 0 Å². The van der Waals surface area contributed by atoms with Gasteiger partial charge in [0.2, 0.25) is 0 Å². The minimum absolute atomic E-state index is 0.286. The molecule has 9 aromatic rings. The van der Waals surface area contributed by atoms with Gasteiger partial charge in [-0.15, -0.1) is 0 Å². The predicted octanol–water partition coefficient (Wildman–Crippen LogP) is 18.4. The quantitative estimate of drug-likeness (QED) is 0.166. The van der Waals surface area contributed by atoms with Crippen molar-refractivity contribution in [2.75, 3.05) is 4.90 Å². The molecule has 14 rings (SSSR count). The van der Waals surface area contributed by atoms with Crippen molar-refractivity contribution in [1.82, 2.24) is 0 Å². The monoisotopic (exact) mass is 887 g/mol. The predicted molar refractivity (Wildman–Crippen MR) is 289 cm³/mol. The molecule has 0 aliphatic heterocycles. The Morgan fingerprint density at radius 3 is 1.70 bits per heavy atom. The van der Waals surface area contributed by atoms with Gasteiger partial charge in [-0.2, -0.15) is 0 Å². The van der Waals surface area contributed by atoms with Crippen LogP contribution in [0.4, 0.5) is 17.1 Å². The van der Waals surface area contributed by atoms with Gasteiger partial charge < -0.3 is 4.90 Å². The summed E-state index contributed by atoms with van der Waals surface area (Å²) in [6.45, 7) is 9.37. The van der Waals surface area contributed by atoms with Gasteiger partial charge in [0.05, 0.1) is 11.4 Å². The molecule has 5 aliphatic carbocycles. The molecule has 0 heterocycles. The summed E-state index contributed by atoms with van der Waals surface area (Å²) in [6, 6.07) is 77.0. The van der Waals surface area contributed by atoms with Gasteiger partial charge in [0.15, 0.2) is 0 Å². The summed E-state index contributed by atoms with van der Waals surface area (Å²) in [5.41, 5.74) is 27.5. The maximum Gasteiger partial charge on any atom is 0.0546 e. The van der Waals surface area contributed by atoms with Crippen LogP contribution in [0.5, 0.6) is 0 Å². The third-order valence-electron chi connectivity index (χ3n) is 18.0. The second-order valence-electron chi connectivity index (χ2n) is 21.8. The second-order valence-corrected chi connectivity index (χ2v) is 21.8. The van der Waals surface area contributed by atoms with Crippen LogP contribution in [0.3, 0.4) is 0 Å². The molecule has 0 saturated heterocycles. The molecule has 5 aliphatic rings. The average Bonchev–Trinajstić information content (AvgIpc) is 3.75. The molecule has 0 N–H and O–H groups in total. The zero-order valence-corrected chi connectivity index (χ0v) is 40.1. The van der Waals surface area contributed by atoms with E-state index in [4.69, 9.17) is 0 Å². The Morgan fingerprint density at radius 1 is 0.406 bits per heavy atom. The number of hydrogen-bond donors (Lipinski definition) is 0. The molecular formula is C68H57N. The van der Waals surface area contributed by atoms with Gasteiger partial charge >= 0.3 is 0 Å². The van der Waals surface area contributed by atoms with Crippen molar-refractivity contribution in [3.63, 3.8) is 0 Å². The highest BCUT2D eigenvalue weighted by atomic mass is 15.1. The fourth-order valence-corrected chi connectivity index (χ4v) is 14.8. The Morgan fingerprint density at radius 2 is 0.957 bits per heavy atom. The van der Waals surface area contributed by atoms with Crippen LogP contribution in [0.15, 0.2) is 200 Å². The fourth-order valence-electron chi connectivity index (χ4n) is 14.8. The highest BCUT2D eigenvalue weighted by Gasteiger charge is 2.70. The molecule has 69 heavy (non-hydrogen) atoms. The molecule has 3 saturated carbocycles. The maximum absolute atomic E-state index is 2.68. The molecule has 334 valence electrons. The summed E-state index contributed by atoms with van der Waals surface area (Å²) in [5, 5.41) is 0. The zero-order valence-electron chi connectivity index (χ0n) is 40.1. The SMILES string of the molecule is Cc1ccc2c(c1)C(C)(C)c1cc(C)ccc1-c1cccc(N(c3cccc(-c4ccccc4-c4ccccc4)c3)c3cccc4c3-c3ccccc3C3CC5CC6CC4C56C3)c1-c1ccccc1-2. The Bertz CT molecular complexity index is 3550. The van der Waals surface area contributed by atoms with E-state index in [1.165, 1.54) is 126 Å². The van der Waals surface area contributed by atoms with Gasteiger partial charge in [0.25, 0.3) is 0 Å². The van der Waals surface area contributed by atoms with Crippen LogP contribution in [-0.2, 0) is 5.41 Å².